The van der Waals surface area contributed by atoms with Crippen molar-refractivity contribution in [2.45, 2.75) is 38.2 Å². The van der Waals surface area contributed by atoms with Gasteiger partial charge in [0.05, 0.1) is 25.8 Å². The highest BCUT2D eigenvalue weighted by Gasteiger charge is 2.30. The number of esters is 1. The first-order valence-electron chi connectivity index (χ1n) is 10.7. The Morgan fingerprint density at radius 1 is 1.16 bits per heavy atom. The second-order valence-electron chi connectivity index (χ2n) is 8.18. The van der Waals surface area contributed by atoms with Gasteiger partial charge in [-0.1, -0.05) is 30.3 Å². The lowest BCUT2D eigenvalue weighted by atomic mass is 9.97. The summed E-state index contributed by atoms with van der Waals surface area (Å²) >= 11 is 0. The van der Waals surface area contributed by atoms with Crippen LogP contribution in [-0.4, -0.2) is 24.7 Å². The highest BCUT2D eigenvalue weighted by molar-refractivity contribution is 5.71. The molecule has 0 fully saturated rings. The Hall–Kier alpha value is -3.34. The molecule has 5 nitrogen and oxygen atoms in total. The van der Waals surface area contributed by atoms with Gasteiger partial charge in [-0.05, 0) is 48.6 Å². The minimum atomic E-state index is -0.219. The Labute approximate surface area is 182 Å². The third kappa shape index (κ3) is 3.65. The minimum Gasteiger partial charge on any atom is -0.492 e. The van der Waals surface area contributed by atoms with Gasteiger partial charge in [-0.25, -0.2) is 0 Å². The zero-order valence-corrected chi connectivity index (χ0v) is 17.8. The number of carbonyl (C=O) groups excluding carboxylic acids is 1. The molecule has 1 aromatic heterocycles. The fourth-order valence-electron chi connectivity index (χ4n) is 4.68. The summed E-state index contributed by atoms with van der Waals surface area (Å²) < 4.78 is 17.0. The van der Waals surface area contributed by atoms with Crippen LogP contribution in [0.1, 0.15) is 47.1 Å². The maximum atomic E-state index is 11.6. The zero-order chi connectivity index (χ0) is 21.4. The fourth-order valence-corrected chi connectivity index (χ4v) is 4.68. The highest BCUT2D eigenvalue weighted by atomic mass is 16.5. The van der Waals surface area contributed by atoms with Crippen molar-refractivity contribution in [3.63, 3.8) is 0 Å². The summed E-state index contributed by atoms with van der Waals surface area (Å²) in [6, 6.07) is 16.4. The number of ether oxygens (including phenoxy) is 3. The Bertz CT molecular complexity index is 1140. The normalized spacial score (nSPS) is 18.8. The SMILES string of the molecule is COC(=O)C[C@@H]1COc2cc(O[C@@H]3CCc4c(-c5ncccc5C)cccc43)ccc21. The van der Waals surface area contributed by atoms with Crippen molar-refractivity contribution in [1.82, 2.24) is 4.98 Å². The molecule has 31 heavy (non-hydrogen) atoms. The van der Waals surface area contributed by atoms with Crippen molar-refractivity contribution < 1.29 is 19.0 Å². The van der Waals surface area contributed by atoms with E-state index >= 15 is 0 Å². The summed E-state index contributed by atoms with van der Waals surface area (Å²) in [6.07, 6.45) is 4.08. The predicted octanol–water partition coefficient (Wildman–Crippen LogP) is 5.16. The third-order valence-electron chi connectivity index (χ3n) is 6.26. The van der Waals surface area contributed by atoms with Crippen LogP contribution in [0.25, 0.3) is 11.3 Å². The molecule has 0 saturated carbocycles. The van der Waals surface area contributed by atoms with Crippen molar-refractivity contribution >= 4 is 5.97 Å². The maximum Gasteiger partial charge on any atom is 0.306 e. The number of nitrogens with zero attached hydrogens (tertiary/aromatic N) is 1. The van der Waals surface area contributed by atoms with E-state index in [-0.39, 0.29) is 18.0 Å². The predicted molar refractivity (Wildman–Crippen MR) is 117 cm³/mol. The standard InChI is InChI=1S/C26H25NO4/c1-16-5-4-12-27-26(16)22-7-3-6-21-20(22)10-11-23(21)31-18-8-9-19-17(13-25(28)29-2)15-30-24(19)14-18/h3-9,12,14,17,23H,10-11,13,15H2,1-2H3/t17-,23-/m1/s1. The van der Waals surface area contributed by atoms with E-state index in [9.17, 15) is 4.79 Å². The van der Waals surface area contributed by atoms with Crippen LogP contribution in [0, 0.1) is 6.92 Å². The van der Waals surface area contributed by atoms with Gasteiger partial charge in [0.25, 0.3) is 0 Å². The van der Waals surface area contributed by atoms with Crippen LogP contribution in [-0.2, 0) is 16.0 Å². The molecule has 3 aromatic rings. The summed E-state index contributed by atoms with van der Waals surface area (Å²) in [7, 11) is 1.41. The molecule has 2 aliphatic rings. The first kappa shape index (κ1) is 19.6. The third-order valence-corrected chi connectivity index (χ3v) is 6.26. The smallest absolute Gasteiger partial charge is 0.306 e. The molecule has 0 spiro atoms. The quantitative estimate of drug-likeness (QED) is 0.539. The summed E-state index contributed by atoms with van der Waals surface area (Å²) in [4.78, 5) is 16.3. The zero-order valence-electron chi connectivity index (χ0n) is 17.8. The molecule has 0 N–H and O–H groups in total. The topological polar surface area (TPSA) is 57.7 Å². The van der Waals surface area contributed by atoms with Gasteiger partial charge >= 0.3 is 5.97 Å². The first-order chi connectivity index (χ1) is 15.1. The van der Waals surface area contributed by atoms with E-state index in [1.54, 1.807) is 0 Å². The molecule has 0 radical (unpaired) electrons. The van der Waals surface area contributed by atoms with Crippen molar-refractivity contribution in [1.29, 1.82) is 0 Å². The molecular weight excluding hydrogens is 390 g/mol. The van der Waals surface area contributed by atoms with Crippen LogP contribution in [0.5, 0.6) is 11.5 Å². The number of fused-ring (bicyclic) bond motifs is 2. The largest absolute Gasteiger partial charge is 0.492 e. The highest BCUT2D eigenvalue weighted by Crippen LogP contribution is 2.43. The molecule has 0 amide bonds. The minimum absolute atomic E-state index is 0.00397. The Morgan fingerprint density at radius 2 is 2.06 bits per heavy atom. The van der Waals surface area contributed by atoms with Crippen molar-refractivity contribution in [2.24, 2.45) is 0 Å². The molecule has 5 rings (SSSR count). The summed E-state index contributed by atoms with van der Waals surface area (Å²) in [5.74, 6) is 1.40. The van der Waals surface area contributed by atoms with Crippen LogP contribution in [0.3, 0.4) is 0 Å². The number of aromatic nitrogens is 1. The lowest BCUT2D eigenvalue weighted by Crippen LogP contribution is -2.09. The van der Waals surface area contributed by atoms with Crippen LogP contribution >= 0.6 is 0 Å². The summed E-state index contributed by atoms with van der Waals surface area (Å²) in [5, 5.41) is 0. The van der Waals surface area contributed by atoms with Crippen molar-refractivity contribution in [3.8, 4) is 22.8 Å². The molecule has 0 bridgehead atoms. The number of hydrogen-bond acceptors (Lipinski definition) is 5. The summed E-state index contributed by atoms with van der Waals surface area (Å²) in [6.45, 7) is 2.59. The monoisotopic (exact) mass is 415 g/mol. The molecule has 2 heterocycles. The van der Waals surface area contributed by atoms with Gasteiger partial charge in [-0.2, -0.15) is 0 Å². The summed E-state index contributed by atoms with van der Waals surface area (Å²) in [5.41, 5.74) is 7.01. The maximum absolute atomic E-state index is 11.6. The van der Waals surface area contributed by atoms with Gasteiger partial charge in [0.2, 0.25) is 0 Å². The number of carbonyl (C=O) groups is 1. The van der Waals surface area contributed by atoms with E-state index in [4.69, 9.17) is 14.2 Å². The van der Waals surface area contributed by atoms with Crippen LogP contribution < -0.4 is 9.47 Å². The van der Waals surface area contributed by atoms with Crippen LogP contribution in [0.4, 0.5) is 0 Å². The molecule has 0 saturated heterocycles. The van der Waals surface area contributed by atoms with E-state index in [0.717, 1.165) is 35.6 Å². The second kappa shape index (κ2) is 8.06. The van der Waals surface area contributed by atoms with Crippen molar-refractivity contribution in [3.05, 3.63) is 77.0 Å². The van der Waals surface area contributed by atoms with E-state index < -0.39 is 0 Å². The second-order valence-corrected chi connectivity index (χ2v) is 8.18. The van der Waals surface area contributed by atoms with Gasteiger partial charge in [0.1, 0.15) is 17.6 Å². The molecule has 1 aliphatic heterocycles. The Balaban J connectivity index is 1.38. The van der Waals surface area contributed by atoms with E-state index in [0.29, 0.717) is 13.0 Å². The number of methoxy groups -OCH3 is 1. The Kier molecular flexibility index (Phi) is 5.10. The van der Waals surface area contributed by atoms with E-state index in [1.165, 1.54) is 29.4 Å². The van der Waals surface area contributed by atoms with Gasteiger partial charge in [0.15, 0.2) is 0 Å². The lowest BCUT2D eigenvalue weighted by Gasteiger charge is -2.17. The van der Waals surface area contributed by atoms with Gasteiger partial charge in [-0.3, -0.25) is 9.78 Å². The number of aryl methyl sites for hydroxylation is 1. The first-order valence-corrected chi connectivity index (χ1v) is 10.7. The fraction of sp³-hybridized carbons (Fsp3) is 0.308. The Morgan fingerprint density at radius 3 is 2.90 bits per heavy atom. The van der Waals surface area contributed by atoms with Crippen LogP contribution in [0.15, 0.2) is 54.7 Å². The molecule has 1 aliphatic carbocycles. The van der Waals surface area contributed by atoms with E-state index in [2.05, 4.69) is 36.2 Å². The van der Waals surface area contributed by atoms with Gasteiger partial charge in [0, 0.05) is 29.3 Å². The number of hydrogen-bond donors (Lipinski definition) is 0. The van der Waals surface area contributed by atoms with E-state index in [1.807, 2.05) is 30.5 Å². The number of benzene rings is 2. The number of rotatable bonds is 5. The lowest BCUT2D eigenvalue weighted by molar-refractivity contribution is -0.141. The van der Waals surface area contributed by atoms with Crippen LogP contribution in [0.2, 0.25) is 0 Å². The average Bonchev–Trinajstić information content (AvgIpc) is 3.38. The molecule has 158 valence electrons. The molecule has 2 atom stereocenters. The van der Waals surface area contributed by atoms with Gasteiger partial charge < -0.3 is 14.2 Å². The average molecular weight is 415 g/mol. The van der Waals surface area contributed by atoms with Gasteiger partial charge in [-0.15, -0.1) is 0 Å². The molecular formula is C26H25NO4. The molecule has 2 aromatic carbocycles. The molecule has 5 heteroatoms. The number of pyridine rings is 1. The van der Waals surface area contributed by atoms with Crippen molar-refractivity contribution in [2.75, 3.05) is 13.7 Å². The molecule has 0 unspecified atom stereocenters.